The van der Waals surface area contributed by atoms with Crippen LogP contribution in [0.15, 0.2) is 23.2 Å². The summed E-state index contributed by atoms with van der Waals surface area (Å²) < 4.78 is 52.5. The van der Waals surface area contributed by atoms with Gasteiger partial charge in [0.15, 0.2) is 5.96 Å². The van der Waals surface area contributed by atoms with Crippen LogP contribution in [-0.4, -0.2) is 44.1 Å². The number of nitrogens with zero attached hydrogens (tertiary/aromatic N) is 2. The second-order valence-corrected chi connectivity index (χ2v) is 6.74. The Hall–Kier alpha value is -1.10. The van der Waals surface area contributed by atoms with Gasteiger partial charge in [0, 0.05) is 19.1 Å². The van der Waals surface area contributed by atoms with Crippen molar-refractivity contribution in [3.05, 3.63) is 35.1 Å². The van der Waals surface area contributed by atoms with Crippen molar-refractivity contribution >= 4 is 29.9 Å². The first-order chi connectivity index (χ1) is 12.2. The molecule has 0 radical (unpaired) electrons. The number of hydrogen-bond donors (Lipinski definition) is 2. The lowest BCUT2D eigenvalue weighted by Crippen LogP contribution is -2.46. The molecule has 1 aromatic rings. The van der Waals surface area contributed by atoms with E-state index in [1.54, 1.807) is 0 Å². The van der Waals surface area contributed by atoms with Gasteiger partial charge >= 0.3 is 6.18 Å². The van der Waals surface area contributed by atoms with Gasteiger partial charge in [0.25, 0.3) is 0 Å². The van der Waals surface area contributed by atoms with Crippen molar-refractivity contribution in [2.45, 2.75) is 38.5 Å². The first-order valence-electron chi connectivity index (χ1n) is 8.76. The monoisotopic (exact) mass is 502 g/mol. The van der Waals surface area contributed by atoms with E-state index in [1.165, 1.54) is 12.8 Å². The zero-order valence-electron chi connectivity index (χ0n) is 15.7. The van der Waals surface area contributed by atoms with E-state index >= 15 is 0 Å². The van der Waals surface area contributed by atoms with E-state index in [4.69, 9.17) is 0 Å². The van der Waals surface area contributed by atoms with Gasteiger partial charge in [0.1, 0.15) is 5.82 Å². The van der Waals surface area contributed by atoms with E-state index < -0.39 is 17.6 Å². The summed E-state index contributed by atoms with van der Waals surface area (Å²) in [6, 6.07) is 3.03. The van der Waals surface area contributed by atoms with Crippen molar-refractivity contribution in [2.24, 2.45) is 10.9 Å². The molecule has 1 unspecified atom stereocenters. The van der Waals surface area contributed by atoms with Crippen LogP contribution in [0.4, 0.5) is 17.6 Å². The van der Waals surface area contributed by atoms with Gasteiger partial charge in [-0.15, -0.1) is 24.0 Å². The lowest BCUT2D eigenvalue weighted by Gasteiger charge is -2.25. The molecule has 0 bridgehead atoms. The fraction of sp³-hybridized carbons (Fsp3) is 0.611. The number of guanidine groups is 1. The Morgan fingerprint density at radius 2 is 1.93 bits per heavy atom. The molecule has 9 heteroatoms. The summed E-state index contributed by atoms with van der Waals surface area (Å²) in [5.74, 6) is 0.195. The second-order valence-electron chi connectivity index (χ2n) is 6.74. The largest absolute Gasteiger partial charge is 0.416 e. The van der Waals surface area contributed by atoms with E-state index in [0.29, 0.717) is 37.1 Å². The molecule has 0 amide bonds. The van der Waals surface area contributed by atoms with Gasteiger partial charge in [-0.3, -0.25) is 0 Å². The highest BCUT2D eigenvalue weighted by atomic mass is 127. The molecule has 1 aromatic carbocycles. The molecule has 0 saturated heterocycles. The predicted octanol–water partition coefficient (Wildman–Crippen LogP) is 3.86. The zero-order valence-corrected chi connectivity index (χ0v) is 18.1. The molecule has 1 aliphatic rings. The van der Waals surface area contributed by atoms with Gasteiger partial charge in [0.2, 0.25) is 0 Å². The fourth-order valence-corrected chi connectivity index (χ4v) is 2.91. The van der Waals surface area contributed by atoms with E-state index in [9.17, 15) is 17.6 Å². The minimum atomic E-state index is -4.61. The number of benzene rings is 1. The molecule has 1 atom stereocenters. The summed E-state index contributed by atoms with van der Waals surface area (Å²) in [6.45, 7) is 2.97. The lowest BCUT2D eigenvalue weighted by atomic mass is 10.1. The average molecular weight is 502 g/mol. The topological polar surface area (TPSA) is 39.7 Å². The number of halogens is 5. The van der Waals surface area contributed by atoms with Crippen LogP contribution >= 0.6 is 24.0 Å². The number of alkyl halides is 3. The van der Waals surface area contributed by atoms with Crippen molar-refractivity contribution in [3.63, 3.8) is 0 Å². The molecule has 0 aliphatic heterocycles. The van der Waals surface area contributed by atoms with E-state index in [-0.39, 0.29) is 36.1 Å². The third-order valence-electron chi connectivity index (χ3n) is 4.44. The van der Waals surface area contributed by atoms with Crippen LogP contribution in [0.2, 0.25) is 0 Å². The molecule has 2 N–H and O–H groups in total. The van der Waals surface area contributed by atoms with Gasteiger partial charge in [-0.25, -0.2) is 9.38 Å². The second kappa shape index (κ2) is 10.4. The third kappa shape index (κ3) is 7.44. The highest BCUT2D eigenvalue weighted by Gasteiger charge is 2.34. The molecular formula is C18H27F4IN4. The van der Waals surface area contributed by atoms with E-state index in [2.05, 4.69) is 20.5 Å². The van der Waals surface area contributed by atoms with Crippen LogP contribution in [0.5, 0.6) is 0 Å². The fourth-order valence-electron chi connectivity index (χ4n) is 2.91. The number of nitrogens with one attached hydrogen (secondary N) is 2. The molecule has 1 saturated carbocycles. The van der Waals surface area contributed by atoms with Gasteiger partial charge in [-0.1, -0.05) is 6.07 Å². The maximum absolute atomic E-state index is 13.2. The summed E-state index contributed by atoms with van der Waals surface area (Å²) in [5, 5.41) is 6.25. The number of hydrogen-bond acceptors (Lipinski definition) is 2. The number of rotatable bonds is 7. The van der Waals surface area contributed by atoms with E-state index in [1.807, 2.05) is 21.0 Å². The molecule has 0 heterocycles. The maximum atomic E-state index is 13.2. The summed E-state index contributed by atoms with van der Waals surface area (Å²) in [4.78, 5) is 6.40. The SMILES string of the molecule is CCNC(=NCc1ccc(F)cc1C(F)(F)F)NCC(C1CC1)N(C)C.I. The number of aliphatic imine (C=N–C) groups is 1. The molecule has 154 valence electrons. The van der Waals surface area contributed by atoms with Crippen LogP contribution in [0.25, 0.3) is 0 Å². The minimum Gasteiger partial charge on any atom is -0.357 e. The highest BCUT2D eigenvalue weighted by molar-refractivity contribution is 14.0. The van der Waals surface area contributed by atoms with Crippen molar-refractivity contribution < 1.29 is 17.6 Å². The summed E-state index contributed by atoms with van der Waals surface area (Å²) in [7, 11) is 4.03. The highest BCUT2D eigenvalue weighted by Crippen LogP contribution is 2.34. The molecule has 27 heavy (non-hydrogen) atoms. The Labute approximate surface area is 174 Å². The van der Waals surface area contributed by atoms with Crippen LogP contribution in [-0.2, 0) is 12.7 Å². The average Bonchev–Trinajstić information content (AvgIpc) is 3.37. The van der Waals surface area contributed by atoms with Crippen molar-refractivity contribution in [1.82, 2.24) is 15.5 Å². The summed E-state index contributed by atoms with van der Waals surface area (Å²) >= 11 is 0. The quantitative estimate of drug-likeness (QED) is 0.258. The van der Waals surface area contributed by atoms with Gasteiger partial charge in [-0.05, 0) is 57.5 Å². The molecule has 0 spiro atoms. The zero-order chi connectivity index (χ0) is 19.3. The van der Waals surface area contributed by atoms with Gasteiger partial charge < -0.3 is 15.5 Å². The lowest BCUT2D eigenvalue weighted by molar-refractivity contribution is -0.138. The Morgan fingerprint density at radius 1 is 1.26 bits per heavy atom. The van der Waals surface area contributed by atoms with Gasteiger partial charge in [0.05, 0.1) is 12.1 Å². The van der Waals surface area contributed by atoms with Crippen molar-refractivity contribution in [2.75, 3.05) is 27.2 Å². The Bertz CT molecular complexity index is 628. The maximum Gasteiger partial charge on any atom is 0.416 e. The third-order valence-corrected chi connectivity index (χ3v) is 4.44. The molecule has 4 nitrogen and oxygen atoms in total. The van der Waals surface area contributed by atoms with Crippen LogP contribution in [0, 0.1) is 11.7 Å². The molecule has 0 aromatic heterocycles. The molecule has 1 aliphatic carbocycles. The Balaban J connectivity index is 0.00000364. The Morgan fingerprint density at radius 3 is 2.44 bits per heavy atom. The predicted molar refractivity (Wildman–Crippen MR) is 110 cm³/mol. The van der Waals surface area contributed by atoms with Crippen molar-refractivity contribution in [3.8, 4) is 0 Å². The molecular weight excluding hydrogens is 475 g/mol. The molecule has 1 fully saturated rings. The van der Waals surface area contributed by atoms with Crippen LogP contribution < -0.4 is 10.6 Å². The first kappa shape index (κ1) is 23.9. The van der Waals surface area contributed by atoms with Crippen molar-refractivity contribution in [1.29, 1.82) is 0 Å². The molecule has 2 rings (SSSR count). The normalized spacial score (nSPS) is 16.1. The van der Waals surface area contributed by atoms with Crippen LogP contribution in [0.3, 0.4) is 0 Å². The van der Waals surface area contributed by atoms with E-state index in [0.717, 1.165) is 12.1 Å². The minimum absolute atomic E-state index is 0. The summed E-state index contributed by atoms with van der Waals surface area (Å²) in [5.41, 5.74) is -1.04. The first-order valence-corrected chi connectivity index (χ1v) is 8.76. The Kier molecular flexibility index (Phi) is 9.26. The van der Waals surface area contributed by atoms with Gasteiger partial charge in [-0.2, -0.15) is 13.2 Å². The smallest absolute Gasteiger partial charge is 0.357 e. The van der Waals surface area contributed by atoms with Crippen LogP contribution in [0.1, 0.15) is 30.9 Å². The summed E-state index contributed by atoms with van der Waals surface area (Å²) in [6.07, 6.45) is -2.22. The standard InChI is InChI=1S/C18H26F4N4.HI/c1-4-23-17(25-11-16(26(2)3)12-5-6-12)24-10-13-7-8-14(19)9-15(13)18(20,21)22;/h7-9,12,16H,4-6,10-11H2,1-3H3,(H2,23,24,25);1H. The number of likely N-dealkylation sites (N-methyl/N-ethyl adjacent to an activating group) is 1.